The molecule has 18 heavy (non-hydrogen) atoms. The molecule has 0 amide bonds. The number of aromatic amines is 1. The van der Waals surface area contributed by atoms with Crippen molar-refractivity contribution in [2.45, 2.75) is 12.8 Å². The van der Waals surface area contributed by atoms with E-state index in [2.05, 4.69) is 10.2 Å². The number of ether oxygens (including phenoxy) is 1. The molecule has 0 unspecified atom stereocenters. The number of hydrogen-bond acceptors (Lipinski definition) is 4. The zero-order valence-electron chi connectivity index (χ0n) is 10.2. The van der Waals surface area contributed by atoms with E-state index in [0.717, 1.165) is 6.42 Å². The van der Waals surface area contributed by atoms with Crippen LogP contribution in [0.25, 0.3) is 5.69 Å². The third kappa shape index (κ3) is 2.28. The number of methoxy groups -OCH3 is 1. The maximum absolute atomic E-state index is 11.8. The van der Waals surface area contributed by atoms with E-state index in [1.807, 2.05) is 24.3 Å². The smallest absolute Gasteiger partial charge is 0.348 e. The molecule has 3 N–H and O–H groups in total. The summed E-state index contributed by atoms with van der Waals surface area (Å²) in [5.74, 6) is 1.30. The van der Waals surface area contributed by atoms with Crippen LogP contribution in [0.1, 0.15) is 12.2 Å². The minimum atomic E-state index is -0.272. The van der Waals surface area contributed by atoms with Gasteiger partial charge in [0.15, 0.2) is 0 Å². The van der Waals surface area contributed by atoms with Crippen LogP contribution < -0.4 is 16.2 Å². The second kappa shape index (κ2) is 5.50. The predicted molar refractivity (Wildman–Crippen MR) is 68.1 cm³/mol. The third-order valence-electron chi connectivity index (χ3n) is 2.67. The normalized spacial score (nSPS) is 10.6. The highest BCUT2D eigenvalue weighted by Crippen LogP contribution is 2.21. The van der Waals surface area contributed by atoms with Crippen molar-refractivity contribution >= 4 is 0 Å². The molecule has 0 saturated heterocycles. The SMILES string of the molecule is COc1ccccc1-n1c(CCCN)n[nH]c1=O. The highest BCUT2D eigenvalue weighted by atomic mass is 16.5. The van der Waals surface area contributed by atoms with Gasteiger partial charge in [-0.25, -0.2) is 14.5 Å². The lowest BCUT2D eigenvalue weighted by atomic mass is 10.2. The molecule has 0 aliphatic heterocycles. The van der Waals surface area contributed by atoms with Crippen LogP contribution in [0.3, 0.4) is 0 Å². The maximum Gasteiger partial charge on any atom is 0.348 e. The van der Waals surface area contributed by atoms with Crippen molar-refractivity contribution in [2.75, 3.05) is 13.7 Å². The van der Waals surface area contributed by atoms with E-state index in [0.29, 0.717) is 30.2 Å². The van der Waals surface area contributed by atoms with Crippen molar-refractivity contribution in [1.29, 1.82) is 0 Å². The van der Waals surface area contributed by atoms with Gasteiger partial charge in [-0.15, -0.1) is 0 Å². The Hall–Kier alpha value is -2.08. The molecule has 1 aromatic heterocycles. The molecular formula is C12H16N4O2. The number of para-hydroxylation sites is 2. The summed E-state index contributed by atoms with van der Waals surface area (Å²) in [5, 5.41) is 6.48. The molecular weight excluding hydrogens is 232 g/mol. The van der Waals surface area contributed by atoms with Crippen LogP contribution in [-0.4, -0.2) is 28.4 Å². The van der Waals surface area contributed by atoms with E-state index in [1.54, 1.807) is 7.11 Å². The minimum Gasteiger partial charge on any atom is -0.495 e. The Morgan fingerprint density at radius 1 is 1.44 bits per heavy atom. The van der Waals surface area contributed by atoms with Crippen molar-refractivity contribution in [3.05, 3.63) is 40.6 Å². The molecule has 0 aliphatic carbocycles. The average Bonchev–Trinajstić information content (AvgIpc) is 2.77. The Bertz CT molecular complexity index is 573. The van der Waals surface area contributed by atoms with Gasteiger partial charge in [0.25, 0.3) is 0 Å². The number of benzene rings is 1. The molecule has 96 valence electrons. The first-order valence-electron chi connectivity index (χ1n) is 5.77. The number of nitrogens with one attached hydrogen (secondary N) is 1. The van der Waals surface area contributed by atoms with Gasteiger partial charge in [-0.3, -0.25) is 0 Å². The van der Waals surface area contributed by atoms with Crippen molar-refractivity contribution in [3.8, 4) is 11.4 Å². The fourth-order valence-corrected chi connectivity index (χ4v) is 1.82. The van der Waals surface area contributed by atoms with Crippen molar-refractivity contribution < 1.29 is 4.74 Å². The third-order valence-corrected chi connectivity index (χ3v) is 2.67. The molecule has 2 aromatic rings. The van der Waals surface area contributed by atoms with Gasteiger partial charge in [0.2, 0.25) is 0 Å². The number of aromatic nitrogens is 3. The zero-order valence-corrected chi connectivity index (χ0v) is 10.2. The Balaban J connectivity index is 2.49. The molecule has 0 atom stereocenters. The molecule has 0 bridgehead atoms. The highest BCUT2D eigenvalue weighted by molar-refractivity contribution is 5.46. The van der Waals surface area contributed by atoms with Gasteiger partial charge in [0, 0.05) is 6.42 Å². The number of aryl methyl sites for hydroxylation is 1. The van der Waals surface area contributed by atoms with Gasteiger partial charge >= 0.3 is 5.69 Å². The van der Waals surface area contributed by atoms with Crippen LogP contribution in [0.15, 0.2) is 29.1 Å². The first kappa shape index (κ1) is 12.4. The number of nitrogens with zero attached hydrogens (tertiary/aromatic N) is 2. The molecule has 6 nitrogen and oxygen atoms in total. The van der Waals surface area contributed by atoms with Gasteiger partial charge in [-0.05, 0) is 25.1 Å². The number of H-pyrrole nitrogens is 1. The van der Waals surface area contributed by atoms with E-state index < -0.39 is 0 Å². The van der Waals surface area contributed by atoms with Gasteiger partial charge in [-0.2, -0.15) is 5.10 Å². The Kier molecular flexibility index (Phi) is 3.78. The summed E-state index contributed by atoms with van der Waals surface area (Å²) in [6, 6.07) is 7.33. The zero-order chi connectivity index (χ0) is 13.0. The summed E-state index contributed by atoms with van der Waals surface area (Å²) in [7, 11) is 1.57. The summed E-state index contributed by atoms with van der Waals surface area (Å²) < 4.78 is 6.78. The van der Waals surface area contributed by atoms with E-state index >= 15 is 0 Å². The molecule has 0 fully saturated rings. The number of nitrogens with two attached hydrogens (primary N) is 1. The fraction of sp³-hybridized carbons (Fsp3) is 0.333. The second-order valence-corrected chi connectivity index (χ2v) is 3.84. The quantitative estimate of drug-likeness (QED) is 0.805. The lowest BCUT2D eigenvalue weighted by Crippen LogP contribution is -2.18. The Morgan fingerprint density at radius 2 is 2.22 bits per heavy atom. The van der Waals surface area contributed by atoms with E-state index in [9.17, 15) is 4.79 Å². The van der Waals surface area contributed by atoms with Crippen LogP contribution in [0.2, 0.25) is 0 Å². The molecule has 1 aromatic carbocycles. The molecule has 1 heterocycles. The molecule has 0 radical (unpaired) electrons. The molecule has 2 rings (SSSR count). The van der Waals surface area contributed by atoms with E-state index in [1.165, 1.54) is 4.57 Å². The monoisotopic (exact) mass is 248 g/mol. The van der Waals surface area contributed by atoms with E-state index in [-0.39, 0.29) is 5.69 Å². The Morgan fingerprint density at radius 3 is 2.94 bits per heavy atom. The van der Waals surface area contributed by atoms with Crippen molar-refractivity contribution in [3.63, 3.8) is 0 Å². The first-order valence-corrected chi connectivity index (χ1v) is 5.77. The standard InChI is InChI=1S/C12H16N4O2/c1-18-10-6-3-2-5-9(10)16-11(7-4-8-13)14-15-12(16)17/h2-3,5-6H,4,7-8,13H2,1H3,(H,15,17). The Labute approximate surface area is 104 Å². The minimum absolute atomic E-state index is 0.272. The van der Waals surface area contributed by atoms with Crippen LogP contribution in [0.4, 0.5) is 0 Å². The van der Waals surface area contributed by atoms with Crippen molar-refractivity contribution in [2.24, 2.45) is 5.73 Å². The molecule has 6 heteroatoms. The van der Waals surface area contributed by atoms with Gasteiger partial charge in [0.05, 0.1) is 12.8 Å². The summed E-state index contributed by atoms with van der Waals surface area (Å²) in [6.07, 6.45) is 1.42. The molecule has 0 saturated carbocycles. The van der Waals surface area contributed by atoms with Crippen LogP contribution >= 0.6 is 0 Å². The molecule has 0 aliphatic rings. The lowest BCUT2D eigenvalue weighted by molar-refractivity contribution is 0.412. The summed E-state index contributed by atoms with van der Waals surface area (Å²) in [6.45, 7) is 0.562. The molecule has 0 spiro atoms. The second-order valence-electron chi connectivity index (χ2n) is 3.84. The van der Waals surface area contributed by atoms with Crippen LogP contribution in [0.5, 0.6) is 5.75 Å². The average molecular weight is 248 g/mol. The summed E-state index contributed by atoms with van der Waals surface area (Å²) >= 11 is 0. The van der Waals surface area contributed by atoms with Crippen molar-refractivity contribution in [1.82, 2.24) is 14.8 Å². The van der Waals surface area contributed by atoms with Gasteiger partial charge < -0.3 is 10.5 Å². The van der Waals surface area contributed by atoms with Crippen LogP contribution in [-0.2, 0) is 6.42 Å². The lowest BCUT2D eigenvalue weighted by Gasteiger charge is -2.09. The first-order chi connectivity index (χ1) is 8.77. The van der Waals surface area contributed by atoms with E-state index in [4.69, 9.17) is 10.5 Å². The topological polar surface area (TPSA) is 85.9 Å². The maximum atomic E-state index is 11.8. The number of hydrogen-bond donors (Lipinski definition) is 2. The summed E-state index contributed by atoms with van der Waals surface area (Å²) in [5.41, 5.74) is 5.89. The summed E-state index contributed by atoms with van der Waals surface area (Å²) in [4.78, 5) is 11.8. The largest absolute Gasteiger partial charge is 0.495 e. The van der Waals surface area contributed by atoms with Gasteiger partial charge in [-0.1, -0.05) is 12.1 Å². The van der Waals surface area contributed by atoms with Crippen LogP contribution in [0, 0.1) is 0 Å². The fourth-order valence-electron chi connectivity index (χ4n) is 1.82. The highest BCUT2D eigenvalue weighted by Gasteiger charge is 2.13. The number of rotatable bonds is 5. The van der Waals surface area contributed by atoms with Gasteiger partial charge in [0.1, 0.15) is 11.6 Å². The predicted octanol–water partition coefficient (Wildman–Crippen LogP) is 0.461.